The van der Waals surface area contributed by atoms with Gasteiger partial charge in [-0.1, -0.05) is 29.3 Å². The van der Waals surface area contributed by atoms with E-state index in [1.54, 1.807) is 21.9 Å². The smallest absolute Gasteiger partial charge is 0.266 e. The van der Waals surface area contributed by atoms with E-state index in [1.165, 1.54) is 30.5 Å². The number of carbonyl (C=O) groups excluding carboxylic acids is 1. The number of aryl methyl sites for hydroxylation is 1. The molecule has 8 nitrogen and oxygen atoms in total. The van der Waals surface area contributed by atoms with Gasteiger partial charge in [0.1, 0.15) is 0 Å². The van der Waals surface area contributed by atoms with Crippen molar-refractivity contribution in [1.29, 1.82) is 0 Å². The second-order valence-electron chi connectivity index (χ2n) is 8.21. The van der Waals surface area contributed by atoms with Crippen molar-refractivity contribution in [1.82, 2.24) is 9.88 Å². The number of anilines is 1. The number of furan rings is 1. The molecule has 0 bridgehead atoms. The predicted molar refractivity (Wildman–Crippen MR) is 130 cm³/mol. The lowest BCUT2D eigenvalue weighted by atomic mass is 10.1. The molecule has 0 saturated carbocycles. The first-order valence-corrected chi connectivity index (χ1v) is 12.9. The molecule has 1 saturated heterocycles. The minimum Gasteiger partial charge on any atom is -0.459 e. The number of oxazole rings is 1. The lowest BCUT2D eigenvalue weighted by Gasteiger charge is -2.34. The Labute approximate surface area is 207 Å². The number of halogens is 1. The number of rotatable bonds is 5. The highest BCUT2D eigenvalue weighted by atomic mass is 35.5. The van der Waals surface area contributed by atoms with Crippen LogP contribution >= 0.6 is 11.6 Å². The maximum atomic E-state index is 13.5. The van der Waals surface area contributed by atoms with Crippen molar-refractivity contribution in [2.75, 3.05) is 31.1 Å². The Morgan fingerprint density at radius 2 is 1.66 bits per heavy atom. The lowest BCUT2D eigenvalue weighted by molar-refractivity contribution is 0.0745. The third-order valence-corrected chi connectivity index (χ3v) is 7.76. The van der Waals surface area contributed by atoms with Gasteiger partial charge in [-0.15, -0.1) is 0 Å². The molecule has 0 unspecified atom stereocenters. The van der Waals surface area contributed by atoms with Crippen LogP contribution in [0.1, 0.15) is 15.9 Å². The third kappa shape index (κ3) is 4.56. The van der Waals surface area contributed by atoms with Gasteiger partial charge in [0.25, 0.3) is 11.8 Å². The number of amides is 1. The summed E-state index contributed by atoms with van der Waals surface area (Å²) in [5.41, 5.74) is 1.70. The number of piperazine rings is 1. The molecule has 10 heteroatoms. The van der Waals surface area contributed by atoms with Crippen molar-refractivity contribution in [3.63, 3.8) is 0 Å². The molecule has 0 atom stereocenters. The molecule has 2 aromatic carbocycles. The van der Waals surface area contributed by atoms with Crippen LogP contribution in [0.2, 0.25) is 5.02 Å². The molecule has 0 radical (unpaired) electrons. The summed E-state index contributed by atoms with van der Waals surface area (Å²) in [6, 6.07) is 16.6. The van der Waals surface area contributed by atoms with E-state index in [9.17, 15) is 13.2 Å². The number of benzene rings is 2. The van der Waals surface area contributed by atoms with Gasteiger partial charge in [0, 0.05) is 36.8 Å². The van der Waals surface area contributed by atoms with Gasteiger partial charge in [0.2, 0.25) is 20.7 Å². The van der Waals surface area contributed by atoms with Gasteiger partial charge >= 0.3 is 0 Å². The summed E-state index contributed by atoms with van der Waals surface area (Å²) in [6.45, 7) is 3.55. The zero-order valence-electron chi connectivity index (χ0n) is 18.8. The van der Waals surface area contributed by atoms with E-state index in [0.29, 0.717) is 42.5 Å². The molecule has 1 aliphatic rings. The standard InChI is InChI=1S/C25H22ClN3O5S/c1-17-4-6-18(7-5-17)24(30)28-12-14-29(15-13-28)25-23(27-22(34-25)21-3-2-16-33-21)35(31,32)20-10-8-19(26)9-11-20/h2-11,16H,12-15H2,1H3. The highest BCUT2D eigenvalue weighted by Crippen LogP contribution is 2.35. The van der Waals surface area contributed by atoms with Crippen LogP contribution in [0, 0.1) is 6.92 Å². The zero-order valence-corrected chi connectivity index (χ0v) is 20.4. The number of sulfone groups is 1. The fourth-order valence-electron chi connectivity index (χ4n) is 3.90. The predicted octanol–water partition coefficient (Wildman–Crippen LogP) is 4.69. The number of hydrogen-bond acceptors (Lipinski definition) is 7. The summed E-state index contributed by atoms with van der Waals surface area (Å²) in [6.07, 6.45) is 1.46. The Balaban J connectivity index is 1.44. The Hall–Kier alpha value is -3.56. The maximum Gasteiger partial charge on any atom is 0.266 e. The molecule has 1 amide bonds. The number of nitrogens with zero attached hydrogens (tertiary/aromatic N) is 3. The summed E-state index contributed by atoms with van der Waals surface area (Å²) < 4.78 is 38.3. The lowest BCUT2D eigenvalue weighted by Crippen LogP contribution is -2.49. The molecular weight excluding hydrogens is 490 g/mol. The number of carbonyl (C=O) groups is 1. The molecule has 4 aromatic rings. The van der Waals surface area contributed by atoms with Crippen molar-refractivity contribution in [2.45, 2.75) is 16.8 Å². The van der Waals surface area contributed by atoms with E-state index >= 15 is 0 Å². The molecule has 1 fully saturated rings. The normalized spacial score (nSPS) is 14.3. The fourth-order valence-corrected chi connectivity index (χ4v) is 5.34. The largest absolute Gasteiger partial charge is 0.459 e. The van der Waals surface area contributed by atoms with Crippen molar-refractivity contribution in [2.24, 2.45) is 0 Å². The van der Waals surface area contributed by atoms with E-state index in [0.717, 1.165) is 5.56 Å². The van der Waals surface area contributed by atoms with Crippen LogP contribution in [0.5, 0.6) is 0 Å². The number of hydrogen-bond donors (Lipinski definition) is 0. The second kappa shape index (κ2) is 9.24. The quantitative estimate of drug-likeness (QED) is 0.383. The average Bonchev–Trinajstić information content (AvgIpc) is 3.55. The molecule has 2 aromatic heterocycles. The summed E-state index contributed by atoms with van der Waals surface area (Å²) in [5, 5.41) is 0.222. The van der Waals surface area contributed by atoms with Gasteiger partial charge in [-0.05, 0) is 55.5 Å². The average molecular weight is 512 g/mol. The van der Waals surface area contributed by atoms with Crippen LogP contribution in [0.4, 0.5) is 5.88 Å². The highest BCUT2D eigenvalue weighted by Gasteiger charge is 2.34. The van der Waals surface area contributed by atoms with Crippen LogP contribution in [-0.2, 0) is 9.84 Å². The Kier molecular flexibility index (Phi) is 6.12. The van der Waals surface area contributed by atoms with Gasteiger partial charge in [-0.25, -0.2) is 8.42 Å². The molecule has 0 aliphatic carbocycles. The van der Waals surface area contributed by atoms with Crippen LogP contribution < -0.4 is 4.90 Å². The summed E-state index contributed by atoms with van der Waals surface area (Å²) in [5.74, 6) is 0.439. The van der Waals surface area contributed by atoms with Gasteiger partial charge in [0.15, 0.2) is 5.76 Å². The van der Waals surface area contributed by atoms with Crippen molar-refractivity contribution in [3.8, 4) is 11.7 Å². The molecule has 5 rings (SSSR count). The van der Waals surface area contributed by atoms with Crippen molar-refractivity contribution in [3.05, 3.63) is 83.1 Å². The van der Waals surface area contributed by atoms with Crippen molar-refractivity contribution >= 4 is 33.2 Å². The van der Waals surface area contributed by atoms with Gasteiger partial charge < -0.3 is 18.6 Å². The summed E-state index contributed by atoms with van der Waals surface area (Å²) in [4.78, 5) is 20.8. The van der Waals surface area contributed by atoms with Crippen molar-refractivity contribution < 1.29 is 22.0 Å². The first-order valence-electron chi connectivity index (χ1n) is 11.0. The molecule has 1 aliphatic heterocycles. The first kappa shape index (κ1) is 23.2. The zero-order chi connectivity index (χ0) is 24.6. The maximum absolute atomic E-state index is 13.5. The fraction of sp³-hybridized carbons (Fsp3) is 0.200. The van der Waals surface area contributed by atoms with Gasteiger partial charge in [0.05, 0.1) is 11.2 Å². The molecule has 180 valence electrons. The monoisotopic (exact) mass is 511 g/mol. The van der Waals surface area contributed by atoms with Crippen LogP contribution in [-0.4, -0.2) is 50.4 Å². The van der Waals surface area contributed by atoms with E-state index in [1.807, 2.05) is 31.2 Å². The Bertz CT molecular complexity index is 1440. The van der Waals surface area contributed by atoms with Crippen LogP contribution in [0.3, 0.4) is 0 Å². The summed E-state index contributed by atoms with van der Waals surface area (Å²) >= 11 is 5.94. The minimum atomic E-state index is -4.01. The molecule has 3 heterocycles. The number of aromatic nitrogens is 1. The molecule has 35 heavy (non-hydrogen) atoms. The highest BCUT2D eigenvalue weighted by molar-refractivity contribution is 7.91. The first-order chi connectivity index (χ1) is 16.8. The second-order valence-corrected chi connectivity index (χ2v) is 10.5. The van der Waals surface area contributed by atoms with E-state index in [2.05, 4.69) is 4.98 Å². The van der Waals surface area contributed by atoms with E-state index in [4.69, 9.17) is 20.4 Å². The van der Waals surface area contributed by atoms with E-state index < -0.39 is 9.84 Å². The third-order valence-electron chi connectivity index (χ3n) is 5.84. The van der Waals surface area contributed by atoms with E-state index in [-0.39, 0.29) is 27.6 Å². The minimum absolute atomic E-state index is 0.0515. The van der Waals surface area contributed by atoms with Crippen LogP contribution in [0.25, 0.3) is 11.7 Å². The molecular formula is C25H22ClN3O5S. The molecule has 0 N–H and O–H groups in total. The van der Waals surface area contributed by atoms with Gasteiger partial charge in [-0.2, -0.15) is 4.98 Å². The topological polar surface area (TPSA) is 96.9 Å². The Morgan fingerprint density at radius 1 is 0.971 bits per heavy atom. The summed E-state index contributed by atoms with van der Waals surface area (Å²) in [7, 11) is -4.01. The van der Waals surface area contributed by atoms with Gasteiger partial charge in [-0.3, -0.25) is 4.79 Å². The molecule has 0 spiro atoms. The Morgan fingerprint density at radius 3 is 2.29 bits per heavy atom. The SMILES string of the molecule is Cc1ccc(C(=O)N2CCN(c3oc(-c4ccco4)nc3S(=O)(=O)c3ccc(Cl)cc3)CC2)cc1. The van der Waals surface area contributed by atoms with Crippen LogP contribution in [0.15, 0.2) is 85.7 Å².